The van der Waals surface area contributed by atoms with Gasteiger partial charge < -0.3 is 0 Å². The van der Waals surface area contributed by atoms with Crippen LogP contribution in [-0.2, 0) is 0 Å². The summed E-state index contributed by atoms with van der Waals surface area (Å²) < 4.78 is 0. The average Bonchev–Trinajstić information content (AvgIpc) is 3.16. The highest BCUT2D eigenvalue weighted by Crippen LogP contribution is 3.00. The Labute approximate surface area is 132 Å². The molecule has 0 aromatic carbocycles. The number of allylic oxidation sites excluding steroid dienone is 2. The fourth-order valence-corrected chi connectivity index (χ4v) is 14.6. The molecule has 0 bridgehead atoms. The van der Waals surface area contributed by atoms with E-state index in [1.165, 1.54) is 71.0 Å². The van der Waals surface area contributed by atoms with Gasteiger partial charge in [0.1, 0.15) is 0 Å². The second-order valence-electron chi connectivity index (χ2n) is 12.0. The fraction of sp³-hybridized carbons (Fsp3) is 0.909. The molecule has 10 rings (SSSR count). The third-order valence-electron chi connectivity index (χ3n) is 13.2. The van der Waals surface area contributed by atoms with Gasteiger partial charge in [0, 0.05) is 0 Å². The Balaban J connectivity index is 1.54. The van der Waals surface area contributed by atoms with Crippen molar-refractivity contribution in [2.75, 3.05) is 0 Å². The van der Waals surface area contributed by atoms with Crippen LogP contribution in [0.4, 0.5) is 0 Å². The van der Waals surface area contributed by atoms with E-state index in [2.05, 4.69) is 25.0 Å². The van der Waals surface area contributed by atoms with Gasteiger partial charge in [0.15, 0.2) is 0 Å². The predicted molar refractivity (Wildman–Crippen MR) is 81.3 cm³/mol. The van der Waals surface area contributed by atoms with Gasteiger partial charge >= 0.3 is 0 Å². The number of hydrogen-bond donors (Lipinski definition) is 0. The van der Waals surface area contributed by atoms with Crippen LogP contribution in [-0.4, -0.2) is 0 Å². The summed E-state index contributed by atoms with van der Waals surface area (Å²) in [6.07, 6.45) is 3.28. The van der Waals surface area contributed by atoms with Gasteiger partial charge in [-0.25, -0.2) is 0 Å². The van der Waals surface area contributed by atoms with Crippen molar-refractivity contribution in [1.82, 2.24) is 0 Å². The molecule has 0 aromatic heterocycles. The Kier molecular flexibility index (Phi) is 0.954. The minimum absolute atomic E-state index is 0.742. The lowest BCUT2D eigenvalue weighted by Crippen LogP contribution is -2.35. The highest BCUT2D eigenvalue weighted by molar-refractivity contribution is 5.56. The maximum atomic E-state index is 2.86. The lowest BCUT2D eigenvalue weighted by atomic mass is 9.64. The van der Waals surface area contributed by atoms with Crippen LogP contribution >= 0.6 is 0 Å². The SMILES string of the molecule is C[C@]12C3=C4C[C@@H]5[C@@H]6[C@@H]4[C@@H]1[C@@H]1[C@@H]4[C@@H]2[C@H]2[C@@H]7[C@@H](C[C@H]32)[C@H]5[C@@](C)([C@H]47)[C@H]61. The van der Waals surface area contributed by atoms with Gasteiger partial charge in [-0.15, -0.1) is 0 Å². The van der Waals surface area contributed by atoms with E-state index in [9.17, 15) is 0 Å². The van der Waals surface area contributed by atoms with E-state index in [0.717, 1.165) is 22.7 Å². The molecule has 0 radical (unpaired) electrons. The zero-order valence-electron chi connectivity index (χ0n) is 13.5. The van der Waals surface area contributed by atoms with Crippen LogP contribution in [0.25, 0.3) is 0 Å². The highest BCUT2D eigenvalue weighted by atomic mass is 15.0. The Hall–Kier alpha value is -0.260. The number of hydrogen-bond acceptors (Lipinski definition) is 0. The van der Waals surface area contributed by atoms with E-state index >= 15 is 0 Å². The summed E-state index contributed by atoms with van der Waals surface area (Å²) in [6, 6.07) is 0. The molecule has 0 aliphatic heterocycles. The van der Waals surface area contributed by atoms with Crippen LogP contribution in [0, 0.1) is 93.7 Å². The molecule has 10 aliphatic carbocycles. The first kappa shape index (κ1) is 9.90. The molecule has 9 fully saturated rings. The molecular formula is C22H24. The molecule has 10 aliphatic rings. The van der Waals surface area contributed by atoms with E-state index in [-0.39, 0.29) is 0 Å². The summed E-state index contributed by atoms with van der Waals surface area (Å²) in [5.74, 6) is 16.6. The molecule has 16 atom stereocenters. The first-order valence-electron chi connectivity index (χ1n) is 10.4. The first-order chi connectivity index (χ1) is 10.7. The standard InChI is InChI=1S/C22H24/c1-21-15-5-3-7-11-9(5)17(21)13-14-18(21)10-6(15)4-8-12(10)20(14)22(2,16(7)8)19(11)13/h5-7,9-15,17-20H,3-4H2,1-2H3/t5-,6-,7+,9+,10-,11-,12-,13+,14-,15-,17+,18-,19+,20-,21+,22-/m1/s1. The predicted octanol–water partition coefficient (Wildman–Crippen LogP) is 3.84. The lowest BCUT2D eigenvalue weighted by Gasteiger charge is -2.40. The van der Waals surface area contributed by atoms with Crippen LogP contribution < -0.4 is 0 Å². The van der Waals surface area contributed by atoms with Crippen molar-refractivity contribution in [2.45, 2.75) is 26.7 Å². The van der Waals surface area contributed by atoms with Gasteiger partial charge in [-0.2, -0.15) is 0 Å². The minimum Gasteiger partial charge on any atom is -0.0661 e. The molecular weight excluding hydrogens is 264 g/mol. The van der Waals surface area contributed by atoms with Crippen LogP contribution in [0.3, 0.4) is 0 Å². The van der Waals surface area contributed by atoms with Gasteiger partial charge in [0.05, 0.1) is 0 Å². The van der Waals surface area contributed by atoms with Gasteiger partial charge in [0.2, 0.25) is 0 Å². The minimum atomic E-state index is 0.742. The Morgan fingerprint density at radius 2 is 1.59 bits per heavy atom. The van der Waals surface area contributed by atoms with Crippen LogP contribution in [0.15, 0.2) is 11.1 Å². The zero-order valence-corrected chi connectivity index (χ0v) is 13.5. The summed E-state index contributed by atoms with van der Waals surface area (Å²) in [4.78, 5) is 0. The smallest absolute Gasteiger partial charge is 0.00398 e. The van der Waals surface area contributed by atoms with Crippen molar-refractivity contribution >= 4 is 0 Å². The summed E-state index contributed by atoms with van der Waals surface area (Å²) in [6.45, 7) is 5.68. The molecule has 0 heterocycles. The van der Waals surface area contributed by atoms with Gasteiger partial charge in [0.25, 0.3) is 0 Å². The van der Waals surface area contributed by atoms with E-state index in [4.69, 9.17) is 0 Å². The average molecular weight is 288 g/mol. The van der Waals surface area contributed by atoms with E-state index < -0.39 is 0 Å². The van der Waals surface area contributed by atoms with Crippen molar-refractivity contribution in [2.24, 2.45) is 93.7 Å². The van der Waals surface area contributed by atoms with Crippen molar-refractivity contribution < 1.29 is 0 Å². The molecule has 0 amide bonds. The molecule has 112 valence electrons. The van der Waals surface area contributed by atoms with Crippen molar-refractivity contribution in [3.63, 3.8) is 0 Å². The summed E-state index contributed by atoms with van der Waals surface area (Å²) >= 11 is 0. The molecule has 0 unspecified atom stereocenters. The summed E-state index contributed by atoms with van der Waals surface area (Å²) in [5, 5.41) is 0. The van der Waals surface area contributed by atoms with Gasteiger partial charge in [-0.1, -0.05) is 25.0 Å². The van der Waals surface area contributed by atoms with Crippen molar-refractivity contribution in [3.8, 4) is 0 Å². The Morgan fingerprint density at radius 3 is 2.50 bits per heavy atom. The second-order valence-corrected chi connectivity index (χ2v) is 12.0. The van der Waals surface area contributed by atoms with Gasteiger partial charge in [-0.05, 0) is 107 Å². The first-order valence-corrected chi connectivity index (χ1v) is 10.4. The highest BCUT2D eigenvalue weighted by Gasteiger charge is 2.95. The van der Waals surface area contributed by atoms with Gasteiger partial charge in [-0.3, -0.25) is 0 Å². The van der Waals surface area contributed by atoms with Crippen LogP contribution in [0.2, 0.25) is 0 Å². The maximum absolute atomic E-state index is 2.86. The van der Waals surface area contributed by atoms with Crippen molar-refractivity contribution in [3.05, 3.63) is 11.1 Å². The van der Waals surface area contributed by atoms with Crippen LogP contribution in [0.1, 0.15) is 26.7 Å². The monoisotopic (exact) mass is 288 g/mol. The Bertz CT molecular complexity index is 805. The topological polar surface area (TPSA) is 0 Å². The Morgan fingerprint density at radius 1 is 0.773 bits per heavy atom. The normalized spacial score (nSPS) is 91.9. The maximum Gasteiger partial charge on any atom is -0.00398 e. The fourth-order valence-electron chi connectivity index (χ4n) is 14.6. The number of fused-ring (bicyclic) bond motifs is 3. The summed E-state index contributed by atoms with van der Waals surface area (Å²) in [5.41, 5.74) is 5.89. The quantitative estimate of drug-likeness (QED) is 0.594. The third kappa shape index (κ3) is 0.484. The molecule has 0 nitrogen and oxygen atoms in total. The van der Waals surface area contributed by atoms with Crippen LogP contribution in [0.5, 0.6) is 0 Å². The molecule has 0 spiro atoms. The zero-order chi connectivity index (χ0) is 13.7. The third-order valence-corrected chi connectivity index (χ3v) is 13.2. The molecule has 0 N–H and O–H groups in total. The molecule has 22 heavy (non-hydrogen) atoms. The molecule has 9 saturated carbocycles. The van der Waals surface area contributed by atoms with E-state index in [1.54, 1.807) is 12.8 Å². The second kappa shape index (κ2) is 2.12. The lowest BCUT2D eigenvalue weighted by molar-refractivity contribution is 0.0994. The largest absolute Gasteiger partial charge is 0.0661 e. The van der Waals surface area contributed by atoms with Crippen molar-refractivity contribution in [1.29, 1.82) is 0 Å². The molecule has 0 heteroatoms. The molecule has 0 aromatic rings. The number of rotatable bonds is 0. The van der Waals surface area contributed by atoms with E-state index in [1.807, 2.05) is 0 Å². The molecule has 0 saturated heterocycles. The van der Waals surface area contributed by atoms with E-state index in [0.29, 0.717) is 0 Å². The summed E-state index contributed by atoms with van der Waals surface area (Å²) in [7, 11) is 0.